The van der Waals surface area contributed by atoms with E-state index in [9.17, 15) is 10.0 Å². The molecule has 2 heterocycles. The van der Waals surface area contributed by atoms with Gasteiger partial charge in [0.25, 0.3) is 0 Å². The van der Waals surface area contributed by atoms with Gasteiger partial charge in [0.15, 0.2) is 0 Å². The third-order valence-corrected chi connectivity index (χ3v) is 6.09. The molecule has 0 aliphatic rings. The summed E-state index contributed by atoms with van der Waals surface area (Å²) in [6, 6.07) is 35.5. The highest BCUT2D eigenvalue weighted by Crippen LogP contribution is 2.37. The van der Waals surface area contributed by atoms with E-state index in [-0.39, 0.29) is 0 Å². The van der Waals surface area contributed by atoms with Gasteiger partial charge in [-0.3, -0.25) is 0 Å². The standard InChI is InChI=1S/C29H20BNO3/c32-30(33)22-11-6-10-20(16-22)27-18-21(17-26(31-27)19-8-2-1-3-9-19)23-13-7-14-25-24-12-4-5-15-28(24)34-29(23)25/h1-18,32-33H. The molecule has 0 spiro atoms. The van der Waals surface area contributed by atoms with Crippen molar-refractivity contribution in [2.75, 3.05) is 0 Å². The first-order chi connectivity index (χ1) is 16.7. The summed E-state index contributed by atoms with van der Waals surface area (Å²) in [4.78, 5) is 4.93. The van der Waals surface area contributed by atoms with E-state index in [1.165, 1.54) is 0 Å². The molecule has 0 unspecified atom stereocenters. The molecule has 0 aliphatic heterocycles. The van der Waals surface area contributed by atoms with Crippen LogP contribution in [0, 0.1) is 0 Å². The lowest BCUT2D eigenvalue weighted by molar-refractivity contribution is 0.426. The maximum atomic E-state index is 9.67. The summed E-state index contributed by atoms with van der Waals surface area (Å²) < 4.78 is 6.29. The molecule has 0 atom stereocenters. The van der Waals surface area contributed by atoms with Crippen molar-refractivity contribution in [2.45, 2.75) is 0 Å². The van der Waals surface area contributed by atoms with Crippen molar-refractivity contribution >= 4 is 34.5 Å². The summed E-state index contributed by atoms with van der Waals surface area (Å²) >= 11 is 0. The minimum atomic E-state index is -1.54. The van der Waals surface area contributed by atoms with Crippen LogP contribution in [0.5, 0.6) is 0 Å². The molecule has 0 fully saturated rings. The summed E-state index contributed by atoms with van der Waals surface area (Å²) in [5.41, 5.74) is 7.44. The molecule has 5 heteroatoms. The Kier molecular flexibility index (Phi) is 4.99. The van der Waals surface area contributed by atoms with Crippen molar-refractivity contribution in [1.29, 1.82) is 0 Å². The number of nitrogens with zero attached hydrogens (tertiary/aromatic N) is 1. The highest BCUT2D eigenvalue weighted by Gasteiger charge is 2.16. The van der Waals surface area contributed by atoms with Crippen molar-refractivity contribution < 1.29 is 14.5 Å². The number of rotatable bonds is 4. The maximum Gasteiger partial charge on any atom is 0.488 e. The molecular weight excluding hydrogens is 421 g/mol. The van der Waals surface area contributed by atoms with E-state index in [2.05, 4.69) is 24.3 Å². The van der Waals surface area contributed by atoms with Gasteiger partial charge in [0.1, 0.15) is 11.2 Å². The second kappa shape index (κ2) is 8.30. The van der Waals surface area contributed by atoms with E-state index in [4.69, 9.17) is 9.40 Å². The van der Waals surface area contributed by atoms with Gasteiger partial charge in [0.05, 0.1) is 11.4 Å². The van der Waals surface area contributed by atoms with E-state index in [0.717, 1.165) is 55.6 Å². The first kappa shape index (κ1) is 20.4. The minimum absolute atomic E-state index is 0.422. The average Bonchev–Trinajstić information content (AvgIpc) is 3.28. The third kappa shape index (κ3) is 3.57. The molecule has 0 amide bonds. The molecule has 0 radical (unpaired) electrons. The fourth-order valence-corrected chi connectivity index (χ4v) is 4.42. The quantitative estimate of drug-likeness (QED) is 0.347. The van der Waals surface area contributed by atoms with Crippen LogP contribution in [0.25, 0.3) is 55.6 Å². The van der Waals surface area contributed by atoms with Crippen LogP contribution in [-0.4, -0.2) is 22.2 Å². The third-order valence-electron chi connectivity index (χ3n) is 6.09. The number of pyridine rings is 1. The van der Waals surface area contributed by atoms with Crippen LogP contribution in [0.4, 0.5) is 0 Å². The lowest BCUT2D eigenvalue weighted by atomic mass is 9.79. The van der Waals surface area contributed by atoms with Crippen LogP contribution in [0.3, 0.4) is 0 Å². The number of furan rings is 1. The highest BCUT2D eigenvalue weighted by atomic mass is 16.4. The van der Waals surface area contributed by atoms with Gasteiger partial charge in [-0.2, -0.15) is 0 Å². The molecule has 2 N–H and O–H groups in total. The van der Waals surface area contributed by atoms with Gasteiger partial charge < -0.3 is 14.5 Å². The predicted molar refractivity (Wildman–Crippen MR) is 138 cm³/mol. The van der Waals surface area contributed by atoms with Crippen LogP contribution < -0.4 is 5.46 Å². The van der Waals surface area contributed by atoms with E-state index >= 15 is 0 Å². The van der Waals surface area contributed by atoms with Gasteiger partial charge in [-0.25, -0.2) is 4.98 Å². The smallest absolute Gasteiger partial charge is 0.455 e. The fraction of sp³-hybridized carbons (Fsp3) is 0. The number of hydrogen-bond donors (Lipinski definition) is 2. The molecule has 6 rings (SSSR count). The van der Waals surface area contributed by atoms with Crippen molar-refractivity contribution in [3.8, 4) is 33.6 Å². The van der Waals surface area contributed by atoms with Crippen LogP contribution in [0.1, 0.15) is 0 Å². The Morgan fingerprint density at radius 1 is 0.588 bits per heavy atom. The molecule has 162 valence electrons. The molecule has 0 saturated heterocycles. The van der Waals surface area contributed by atoms with Crippen molar-refractivity contribution in [2.24, 2.45) is 0 Å². The van der Waals surface area contributed by atoms with Gasteiger partial charge in [-0.1, -0.05) is 91.0 Å². The SMILES string of the molecule is OB(O)c1cccc(-c2cc(-c3cccc4c3oc3ccccc34)cc(-c3ccccc3)n2)c1. The Morgan fingerprint density at radius 3 is 2.09 bits per heavy atom. The lowest BCUT2D eigenvalue weighted by Gasteiger charge is -2.11. The Labute approximate surface area is 196 Å². The number of para-hydroxylation sites is 2. The van der Waals surface area contributed by atoms with Crippen LogP contribution in [0.15, 0.2) is 114 Å². The van der Waals surface area contributed by atoms with E-state index < -0.39 is 7.12 Å². The number of fused-ring (bicyclic) bond motifs is 3. The maximum absolute atomic E-state index is 9.67. The van der Waals surface area contributed by atoms with Crippen molar-refractivity contribution in [3.05, 3.63) is 109 Å². The number of hydrogen-bond acceptors (Lipinski definition) is 4. The molecule has 6 aromatic rings. The van der Waals surface area contributed by atoms with Gasteiger partial charge in [0, 0.05) is 21.9 Å². The van der Waals surface area contributed by atoms with Crippen molar-refractivity contribution in [3.63, 3.8) is 0 Å². The monoisotopic (exact) mass is 441 g/mol. The molecule has 34 heavy (non-hydrogen) atoms. The highest BCUT2D eigenvalue weighted by molar-refractivity contribution is 6.58. The Balaban J connectivity index is 1.61. The molecule has 2 aromatic heterocycles. The second-order valence-electron chi connectivity index (χ2n) is 8.27. The van der Waals surface area contributed by atoms with Gasteiger partial charge >= 0.3 is 7.12 Å². The van der Waals surface area contributed by atoms with E-state index in [1.807, 2.05) is 66.7 Å². The first-order valence-corrected chi connectivity index (χ1v) is 11.1. The summed E-state index contributed by atoms with van der Waals surface area (Å²) in [7, 11) is -1.54. The van der Waals surface area contributed by atoms with Gasteiger partial charge in [0.2, 0.25) is 0 Å². The number of aromatic nitrogens is 1. The molecule has 0 saturated carbocycles. The Bertz CT molecular complexity index is 1640. The molecular formula is C29H20BNO3. The zero-order valence-corrected chi connectivity index (χ0v) is 18.2. The van der Waals surface area contributed by atoms with Crippen LogP contribution in [-0.2, 0) is 0 Å². The molecule has 4 aromatic carbocycles. The van der Waals surface area contributed by atoms with Crippen molar-refractivity contribution in [1.82, 2.24) is 4.98 Å². The zero-order chi connectivity index (χ0) is 23.1. The summed E-state index contributed by atoms with van der Waals surface area (Å²) in [5, 5.41) is 21.5. The second-order valence-corrected chi connectivity index (χ2v) is 8.27. The van der Waals surface area contributed by atoms with Gasteiger partial charge in [-0.05, 0) is 34.8 Å². The predicted octanol–water partition coefficient (Wildman–Crippen LogP) is 5.66. The largest absolute Gasteiger partial charge is 0.488 e. The van der Waals surface area contributed by atoms with E-state index in [1.54, 1.807) is 18.2 Å². The summed E-state index contributed by atoms with van der Waals surface area (Å²) in [6.45, 7) is 0. The first-order valence-electron chi connectivity index (χ1n) is 11.1. The zero-order valence-electron chi connectivity index (χ0n) is 18.2. The Hall–Kier alpha value is -4.19. The van der Waals surface area contributed by atoms with Gasteiger partial charge in [-0.15, -0.1) is 0 Å². The molecule has 4 nitrogen and oxygen atoms in total. The van der Waals surface area contributed by atoms with Crippen LogP contribution in [0.2, 0.25) is 0 Å². The average molecular weight is 441 g/mol. The minimum Gasteiger partial charge on any atom is -0.455 e. The number of benzene rings is 4. The fourth-order valence-electron chi connectivity index (χ4n) is 4.42. The summed E-state index contributed by atoms with van der Waals surface area (Å²) in [6.07, 6.45) is 0. The van der Waals surface area contributed by atoms with E-state index in [0.29, 0.717) is 5.46 Å². The lowest BCUT2D eigenvalue weighted by Crippen LogP contribution is -2.29. The van der Waals surface area contributed by atoms with Crippen LogP contribution >= 0.6 is 0 Å². The Morgan fingerprint density at radius 2 is 1.26 bits per heavy atom. The summed E-state index contributed by atoms with van der Waals surface area (Å²) in [5.74, 6) is 0. The molecule has 0 bridgehead atoms. The normalized spacial score (nSPS) is 11.2. The molecule has 0 aliphatic carbocycles. The topological polar surface area (TPSA) is 66.5 Å².